The maximum atomic E-state index is 5.06. The van der Waals surface area contributed by atoms with Gasteiger partial charge in [0, 0.05) is 18.7 Å². The van der Waals surface area contributed by atoms with Gasteiger partial charge in [-0.25, -0.2) is 0 Å². The zero-order chi connectivity index (χ0) is 9.97. The highest BCUT2D eigenvalue weighted by Crippen LogP contribution is 2.18. The van der Waals surface area contributed by atoms with Crippen LogP contribution in [-0.2, 0) is 6.54 Å². The third-order valence-electron chi connectivity index (χ3n) is 2.99. The van der Waals surface area contributed by atoms with E-state index >= 15 is 0 Å². The molecule has 1 aromatic rings. The van der Waals surface area contributed by atoms with Crippen LogP contribution in [0.2, 0.25) is 0 Å². The Hall–Kier alpha value is -0.830. The number of hydrogen-bond acceptors (Lipinski definition) is 3. The number of nitrogens with zero attached hydrogens (tertiary/aromatic N) is 2. The van der Waals surface area contributed by atoms with E-state index in [2.05, 4.69) is 17.0 Å². The molecule has 0 bridgehead atoms. The lowest BCUT2D eigenvalue weighted by Crippen LogP contribution is -2.33. The molecule has 3 heteroatoms. The summed E-state index contributed by atoms with van der Waals surface area (Å²) in [4.78, 5) is 2.49. The first-order chi connectivity index (χ1) is 6.75. The molecule has 0 spiro atoms. The summed E-state index contributed by atoms with van der Waals surface area (Å²) in [5.74, 6) is 1.80. The van der Waals surface area contributed by atoms with Crippen LogP contribution in [0.1, 0.15) is 31.1 Å². The summed E-state index contributed by atoms with van der Waals surface area (Å²) in [6, 6.07) is 0. The van der Waals surface area contributed by atoms with Gasteiger partial charge in [0.2, 0.25) is 0 Å². The Labute approximate surface area is 85.1 Å². The van der Waals surface area contributed by atoms with Gasteiger partial charge in [0.1, 0.15) is 5.76 Å². The Morgan fingerprint density at radius 2 is 2.50 bits per heavy atom. The zero-order valence-electron chi connectivity index (χ0n) is 8.99. The van der Waals surface area contributed by atoms with Crippen molar-refractivity contribution >= 4 is 0 Å². The van der Waals surface area contributed by atoms with E-state index < -0.39 is 0 Å². The first-order valence-corrected chi connectivity index (χ1v) is 5.38. The highest BCUT2D eigenvalue weighted by atomic mass is 16.5. The van der Waals surface area contributed by atoms with E-state index in [1.807, 2.05) is 13.1 Å². The van der Waals surface area contributed by atoms with Crippen molar-refractivity contribution in [3.8, 4) is 0 Å². The number of likely N-dealkylation sites (tertiary alicyclic amines) is 1. The monoisotopic (exact) mass is 194 g/mol. The molecular formula is C11H18N2O. The molecular weight excluding hydrogens is 176 g/mol. The lowest BCUT2D eigenvalue weighted by Gasteiger charge is -2.30. The zero-order valence-corrected chi connectivity index (χ0v) is 8.99. The maximum absolute atomic E-state index is 5.06. The molecule has 1 aromatic heterocycles. The molecule has 1 atom stereocenters. The summed E-state index contributed by atoms with van der Waals surface area (Å²) >= 11 is 0. The van der Waals surface area contributed by atoms with Crippen LogP contribution < -0.4 is 0 Å². The van der Waals surface area contributed by atoms with Crippen molar-refractivity contribution in [2.24, 2.45) is 5.92 Å². The van der Waals surface area contributed by atoms with E-state index in [0.717, 1.165) is 18.2 Å². The number of piperidine rings is 1. The minimum absolute atomic E-state index is 0.837. The standard InChI is InChI=1S/C11H18N2O/c1-9-4-3-5-13(7-9)8-11-6-12-14-10(11)2/h6,9H,3-5,7-8H2,1-2H3. The van der Waals surface area contributed by atoms with Crippen LogP contribution in [0.3, 0.4) is 0 Å². The Bertz CT molecular complexity index is 295. The average molecular weight is 194 g/mol. The predicted octanol–water partition coefficient (Wildman–Crippen LogP) is 2.21. The van der Waals surface area contributed by atoms with Gasteiger partial charge in [-0.05, 0) is 32.2 Å². The Morgan fingerprint density at radius 1 is 1.64 bits per heavy atom. The van der Waals surface area contributed by atoms with Crippen molar-refractivity contribution in [2.45, 2.75) is 33.2 Å². The fourth-order valence-corrected chi connectivity index (χ4v) is 2.14. The molecule has 0 radical (unpaired) electrons. The summed E-state index contributed by atoms with van der Waals surface area (Å²) in [5, 5.41) is 3.80. The minimum Gasteiger partial charge on any atom is -0.361 e. The fraction of sp³-hybridized carbons (Fsp3) is 0.727. The lowest BCUT2D eigenvalue weighted by molar-refractivity contribution is 0.176. The van der Waals surface area contributed by atoms with E-state index in [1.54, 1.807) is 0 Å². The van der Waals surface area contributed by atoms with Crippen molar-refractivity contribution < 1.29 is 4.52 Å². The van der Waals surface area contributed by atoms with Crippen molar-refractivity contribution in [1.29, 1.82) is 0 Å². The smallest absolute Gasteiger partial charge is 0.138 e. The molecule has 2 rings (SSSR count). The number of rotatable bonds is 2. The quantitative estimate of drug-likeness (QED) is 0.723. The Kier molecular flexibility index (Phi) is 2.87. The van der Waals surface area contributed by atoms with Gasteiger partial charge < -0.3 is 4.52 Å². The van der Waals surface area contributed by atoms with Gasteiger partial charge in [-0.15, -0.1) is 0 Å². The summed E-state index contributed by atoms with van der Waals surface area (Å²) in [5.41, 5.74) is 1.24. The highest BCUT2D eigenvalue weighted by molar-refractivity contribution is 5.11. The molecule has 0 N–H and O–H groups in total. The van der Waals surface area contributed by atoms with Gasteiger partial charge in [-0.2, -0.15) is 0 Å². The molecule has 0 aromatic carbocycles. The molecule has 2 heterocycles. The van der Waals surface area contributed by atoms with Gasteiger partial charge in [-0.1, -0.05) is 12.1 Å². The molecule has 1 aliphatic rings. The van der Waals surface area contributed by atoms with Gasteiger partial charge >= 0.3 is 0 Å². The molecule has 0 amide bonds. The largest absolute Gasteiger partial charge is 0.361 e. The first-order valence-electron chi connectivity index (χ1n) is 5.38. The molecule has 0 saturated carbocycles. The van der Waals surface area contributed by atoms with Crippen LogP contribution in [-0.4, -0.2) is 23.1 Å². The molecule has 1 aliphatic heterocycles. The summed E-state index contributed by atoms with van der Waals surface area (Å²) in [6.45, 7) is 7.74. The van der Waals surface area contributed by atoms with Crippen LogP contribution in [0.4, 0.5) is 0 Å². The predicted molar refractivity (Wildman–Crippen MR) is 54.9 cm³/mol. The van der Waals surface area contributed by atoms with Crippen molar-refractivity contribution in [2.75, 3.05) is 13.1 Å². The fourth-order valence-electron chi connectivity index (χ4n) is 2.14. The Morgan fingerprint density at radius 3 is 3.14 bits per heavy atom. The summed E-state index contributed by atoms with van der Waals surface area (Å²) in [7, 11) is 0. The maximum Gasteiger partial charge on any atom is 0.138 e. The highest BCUT2D eigenvalue weighted by Gasteiger charge is 2.17. The van der Waals surface area contributed by atoms with Crippen molar-refractivity contribution in [3.63, 3.8) is 0 Å². The van der Waals surface area contributed by atoms with Gasteiger partial charge in [0.15, 0.2) is 0 Å². The number of aromatic nitrogens is 1. The van der Waals surface area contributed by atoms with E-state index in [-0.39, 0.29) is 0 Å². The van der Waals surface area contributed by atoms with E-state index in [9.17, 15) is 0 Å². The van der Waals surface area contributed by atoms with E-state index in [0.29, 0.717) is 0 Å². The second-order valence-electron chi connectivity index (χ2n) is 4.39. The number of aryl methyl sites for hydroxylation is 1. The third kappa shape index (κ3) is 2.15. The average Bonchev–Trinajstić information content (AvgIpc) is 2.52. The SMILES string of the molecule is Cc1oncc1CN1CCCC(C)C1. The molecule has 14 heavy (non-hydrogen) atoms. The molecule has 1 unspecified atom stereocenters. The third-order valence-corrected chi connectivity index (χ3v) is 2.99. The first kappa shape index (κ1) is 9.71. The molecule has 3 nitrogen and oxygen atoms in total. The Balaban J connectivity index is 1.94. The molecule has 1 saturated heterocycles. The summed E-state index contributed by atoms with van der Waals surface area (Å²) < 4.78 is 5.06. The van der Waals surface area contributed by atoms with Crippen molar-refractivity contribution in [1.82, 2.24) is 10.1 Å². The second-order valence-corrected chi connectivity index (χ2v) is 4.39. The van der Waals surface area contributed by atoms with Crippen LogP contribution >= 0.6 is 0 Å². The van der Waals surface area contributed by atoms with Crippen LogP contribution in [0.5, 0.6) is 0 Å². The van der Waals surface area contributed by atoms with Crippen LogP contribution in [0.15, 0.2) is 10.7 Å². The van der Waals surface area contributed by atoms with E-state index in [1.165, 1.54) is 31.5 Å². The molecule has 0 aliphatic carbocycles. The second kappa shape index (κ2) is 4.13. The van der Waals surface area contributed by atoms with Gasteiger partial charge in [0.05, 0.1) is 6.20 Å². The minimum atomic E-state index is 0.837. The van der Waals surface area contributed by atoms with Crippen molar-refractivity contribution in [3.05, 3.63) is 17.5 Å². The van der Waals surface area contributed by atoms with Gasteiger partial charge in [0.25, 0.3) is 0 Å². The normalized spacial score (nSPS) is 24.0. The lowest BCUT2D eigenvalue weighted by atomic mass is 10.00. The van der Waals surface area contributed by atoms with Crippen LogP contribution in [0.25, 0.3) is 0 Å². The molecule has 78 valence electrons. The topological polar surface area (TPSA) is 29.3 Å². The van der Waals surface area contributed by atoms with E-state index in [4.69, 9.17) is 4.52 Å². The summed E-state index contributed by atoms with van der Waals surface area (Å²) in [6.07, 6.45) is 4.54. The number of hydrogen-bond donors (Lipinski definition) is 0. The molecule has 1 fully saturated rings. The van der Waals surface area contributed by atoms with Crippen LogP contribution in [0, 0.1) is 12.8 Å². The van der Waals surface area contributed by atoms with Gasteiger partial charge in [-0.3, -0.25) is 4.90 Å².